The Hall–Kier alpha value is -3.93. The number of hydrogen-bond donors (Lipinski definition) is 2. The summed E-state index contributed by atoms with van der Waals surface area (Å²) in [5, 5.41) is 4.12. The Morgan fingerprint density at radius 3 is 2.36 bits per heavy atom. The van der Waals surface area contributed by atoms with Crippen LogP contribution in [0.25, 0.3) is 0 Å². The van der Waals surface area contributed by atoms with Gasteiger partial charge in [-0.2, -0.15) is 0 Å². The minimum Gasteiger partial charge on any atom is -0.484 e. The monoisotopic (exact) mass is 661 g/mol. The first kappa shape index (κ1) is 28.5. The van der Waals surface area contributed by atoms with Crippen LogP contribution in [0.3, 0.4) is 0 Å². The van der Waals surface area contributed by atoms with Gasteiger partial charge in [0.15, 0.2) is 6.61 Å². The molecule has 12 heteroatoms. The molecular weight excluding hydrogens is 637 g/mol. The van der Waals surface area contributed by atoms with Gasteiger partial charge in [0.1, 0.15) is 11.6 Å². The van der Waals surface area contributed by atoms with E-state index in [1.165, 1.54) is 40.5 Å². The second kappa shape index (κ2) is 10.9. The largest absolute Gasteiger partial charge is 0.484 e. The Bertz CT molecular complexity index is 1900. The van der Waals surface area contributed by atoms with Crippen molar-refractivity contribution >= 4 is 63.8 Å². The van der Waals surface area contributed by atoms with E-state index in [0.29, 0.717) is 22.1 Å². The lowest BCUT2D eigenvalue weighted by atomic mass is 9.68. The fourth-order valence-corrected chi connectivity index (χ4v) is 10.9. The van der Waals surface area contributed by atoms with Crippen molar-refractivity contribution in [2.45, 2.75) is 22.6 Å². The van der Waals surface area contributed by atoms with Gasteiger partial charge in [-0.05, 0) is 90.4 Å². The number of aromatic nitrogens is 1. The minimum atomic E-state index is -0.401. The maximum atomic E-state index is 13.9. The number of carbonyl (C=O) groups is 3. The second-order valence-corrected chi connectivity index (χ2v) is 14.5. The number of fused-ring (bicyclic) bond motifs is 9. The molecule has 3 aromatic carbocycles. The summed E-state index contributed by atoms with van der Waals surface area (Å²) in [5.74, 6) is -1.40. The maximum absolute atomic E-state index is 13.9. The first-order chi connectivity index (χ1) is 21.8. The number of anilines is 2. The lowest BCUT2D eigenvalue weighted by molar-refractivity contribution is -0.123. The van der Waals surface area contributed by atoms with Crippen LogP contribution >= 0.6 is 34.7 Å². The van der Waals surface area contributed by atoms with Crippen molar-refractivity contribution in [1.82, 2.24) is 4.98 Å². The molecule has 8 rings (SSSR count). The van der Waals surface area contributed by atoms with Crippen molar-refractivity contribution in [2.75, 3.05) is 16.8 Å². The number of rotatable bonds is 6. The first-order valence-corrected chi connectivity index (χ1v) is 16.7. The predicted octanol–water partition coefficient (Wildman–Crippen LogP) is 5.92. The van der Waals surface area contributed by atoms with E-state index in [1.807, 2.05) is 12.1 Å². The molecule has 0 spiro atoms. The van der Waals surface area contributed by atoms with Crippen LogP contribution in [0.5, 0.6) is 5.75 Å². The van der Waals surface area contributed by atoms with Gasteiger partial charge < -0.3 is 15.0 Å². The molecule has 2 saturated carbocycles. The van der Waals surface area contributed by atoms with Crippen molar-refractivity contribution in [2.24, 2.45) is 29.6 Å². The number of thioether (sulfide) groups is 1. The van der Waals surface area contributed by atoms with Crippen LogP contribution < -0.4 is 19.8 Å². The van der Waals surface area contributed by atoms with Crippen LogP contribution in [0.2, 0.25) is 5.02 Å². The third-order valence-corrected chi connectivity index (χ3v) is 12.4. The van der Waals surface area contributed by atoms with Gasteiger partial charge in [-0.25, -0.2) is 4.39 Å². The molecule has 0 radical (unpaired) electrons. The van der Waals surface area contributed by atoms with Gasteiger partial charge in [0.05, 0.1) is 22.5 Å². The zero-order valence-electron chi connectivity index (χ0n) is 23.4. The van der Waals surface area contributed by atoms with E-state index in [2.05, 4.69) is 10.3 Å². The molecule has 2 N–H and O–H groups in total. The zero-order valence-corrected chi connectivity index (χ0v) is 25.8. The highest BCUT2D eigenvalue weighted by atomic mass is 35.5. The summed E-state index contributed by atoms with van der Waals surface area (Å²) in [5.41, 5.74) is 2.00. The van der Waals surface area contributed by atoms with Crippen LogP contribution in [-0.4, -0.2) is 34.6 Å². The van der Waals surface area contributed by atoms with Gasteiger partial charge in [-0.3, -0.25) is 24.1 Å². The van der Waals surface area contributed by atoms with Crippen LogP contribution in [0.15, 0.2) is 82.6 Å². The molecule has 2 aliphatic carbocycles. The van der Waals surface area contributed by atoms with Crippen LogP contribution in [0.4, 0.5) is 15.8 Å². The molecule has 8 nitrogen and oxygen atoms in total. The number of aromatic amines is 1. The van der Waals surface area contributed by atoms with Gasteiger partial charge in [0.25, 0.3) is 5.91 Å². The van der Waals surface area contributed by atoms with Gasteiger partial charge in [0.2, 0.25) is 11.8 Å². The van der Waals surface area contributed by atoms with Crippen molar-refractivity contribution in [3.8, 4) is 5.75 Å². The summed E-state index contributed by atoms with van der Waals surface area (Å²) in [6.45, 7) is -0.224. The maximum Gasteiger partial charge on any atom is 0.305 e. The Morgan fingerprint density at radius 1 is 0.956 bits per heavy atom. The number of thiazole rings is 1. The zero-order chi connectivity index (χ0) is 31.0. The van der Waals surface area contributed by atoms with Gasteiger partial charge >= 0.3 is 4.87 Å². The molecule has 7 atom stereocenters. The average Bonchev–Trinajstić information content (AvgIpc) is 3.77. The molecule has 4 unspecified atom stereocenters. The molecule has 3 fully saturated rings. The highest BCUT2D eigenvalue weighted by Crippen LogP contribution is 2.68. The fourth-order valence-electron chi connectivity index (χ4n) is 7.89. The quantitative estimate of drug-likeness (QED) is 0.248. The number of imide groups is 1. The minimum absolute atomic E-state index is 0.00677. The molecule has 2 aliphatic heterocycles. The highest BCUT2D eigenvalue weighted by molar-refractivity contribution is 8.00. The van der Waals surface area contributed by atoms with Gasteiger partial charge in [-0.15, -0.1) is 11.8 Å². The van der Waals surface area contributed by atoms with E-state index in [0.717, 1.165) is 21.9 Å². The number of amides is 3. The summed E-state index contributed by atoms with van der Waals surface area (Å²) in [4.78, 5) is 57.8. The Kier molecular flexibility index (Phi) is 6.88. The number of benzene rings is 3. The van der Waals surface area contributed by atoms with Gasteiger partial charge in [-0.1, -0.05) is 35.1 Å². The van der Waals surface area contributed by atoms with Crippen molar-refractivity contribution in [3.63, 3.8) is 0 Å². The molecule has 228 valence electrons. The smallest absolute Gasteiger partial charge is 0.305 e. The van der Waals surface area contributed by atoms with Crippen LogP contribution in [0.1, 0.15) is 22.8 Å². The number of carbonyl (C=O) groups excluding carboxylic acids is 3. The molecule has 1 saturated heterocycles. The second-order valence-electron chi connectivity index (χ2n) is 11.9. The predicted molar refractivity (Wildman–Crippen MR) is 169 cm³/mol. The molecule has 4 aromatic rings. The third-order valence-electron chi connectivity index (χ3n) is 9.55. The topological polar surface area (TPSA) is 109 Å². The van der Waals surface area contributed by atoms with Crippen LogP contribution in [-0.2, 0) is 14.4 Å². The number of halogens is 2. The van der Waals surface area contributed by atoms with E-state index >= 15 is 0 Å². The Labute approximate surface area is 269 Å². The van der Waals surface area contributed by atoms with E-state index < -0.39 is 5.92 Å². The Balaban J connectivity index is 1.05. The van der Waals surface area contributed by atoms with E-state index in [1.54, 1.807) is 48.2 Å². The summed E-state index contributed by atoms with van der Waals surface area (Å²) in [7, 11) is 0. The third kappa shape index (κ3) is 4.71. The number of hydrogen-bond acceptors (Lipinski definition) is 7. The number of nitrogens with zero attached hydrogens (tertiary/aromatic N) is 1. The molecular formula is C33H25ClFN3O5S2. The molecule has 4 aliphatic rings. The van der Waals surface area contributed by atoms with Crippen LogP contribution in [0, 0.1) is 35.4 Å². The molecule has 45 heavy (non-hydrogen) atoms. The SMILES string of the molecule is O=C(COc1ccc([C@H]2c3sc(=O)[nH]c3SC3C2[C@H]2C[C@@H]3C3C(=O)N(c4ccc(Cl)cc4)C(=O)C32)cc1)Nc1ccc(F)cc1. The lowest BCUT2D eigenvalue weighted by Gasteiger charge is -2.43. The van der Waals surface area contributed by atoms with E-state index in [4.69, 9.17) is 16.3 Å². The summed E-state index contributed by atoms with van der Waals surface area (Å²) >= 11 is 8.91. The number of H-pyrrole nitrogens is 1. The van der Waals surface area contributed by atoms with E-state index in [-0.39, 0.29) is 69.9 Å². The first-order valence-electron chi connectivity index (χ1n) is 14.6. The lowest BCUT2D eigenvalue weighted by Crippen LogP contribution is -2.42. The van der Waals surface area contributed by atoms with Crippen molar-refractivity contribution < 1.29 is 23.5 Å². The molecule has 1 aromatic heterocycles. The standard InChI is InChI=1S/C33H25ClFN3O5S2/c34-16-3-9-19(10-4-16)38-31(40)26-21-13-22(27(26)32(38)41)28-25(21)24(29-30(44-28)37-33(42)45-29)15-1-11-20(12-2-15)43-14-23(39)36-18-7-5-17(35)6-8-18/h1-12,21-22,24-28H,13-14H2,(H,36,39)(H,37,42)/t21-,22-,24-,25?,26?,27?,28?/m1/s1. The molecule has 2 bridgehead atoms. The highest BCUT2D eigenvalue weighted by Gasteiger charge is 2.69. The normalized spacial score (nSPS) is 27.7. The Morgan fingerprint density at radius 2 is 1.64 bits per heavy atom. The van der Waals surface area contributed by atoms with E-state index in [9.17, 15) is 23.6 Å². The number of nitrogens with one attached hydrogen (secondary N) is 2. The summed E-state index contributed by atoms with van der Waals surface area (Å²) in [6, 6.07) is 19.8. The van der Waals surface area contributed by atoms with Crippen molar-refractivity contribution in [3.05, 3.63) is 104 Å². The summed E-state index contributed by atoms with van der Waals surface area (Å²) in [6.07, 6.45) is 0.795. The molecule has 3 heterocycles. The fraction of sp³-hybridized carbons (Fsp3) is 0.273. The van der Waals surface area contributed by atoms with Crippen molar-refractivity contribution in [1.29, 1.82) is 0 Å². The van der Waals surface area contributed by atoms with Gasteiger partial charge in [0, 0.05) is 26.8 Å². The molecule has 3 amide bonds. The summed E-state index contributed by atoms with van der Waals surface area (Å²) < 4.78 is 18.9. The average molecular weight is 662 g/mol. The number of ether oxygens (including phenoxy) is 1.